The second-order valence-electron chi connectivity index (χ2n) is 5.33. The van der Waals surface area contributed by atoms with Crippen LogP contribution in [0, 0.1) is 13.8 Å². The number of nitrogens with two attached hydrogens (primary N) is 1. The Hall–Kier alpha value is -2.29. The van der Waals surface area contributed by atoms with Gasteiger partial charge >= 0.3 is 0 Å². The fourth-order valence-electron chi connectivity index (χ4n) is 2.40. The summed E-state index contributed by atoms with van der Waals surface area (Å²) in [6.45, 7) is 7.19. The number of carbonyl (C=O) groups excluding carboxylic acids is 1. The molecule has 0 fully saturated rings. The summed E-state index contributed by atoms with van der Waals surface area (Å²) in [6, 6.07) is 13.8. The minimum Gasteiger partial charge on any atom is -0.398 e. The maximum absolute atomic E-state index is 12.7. The van der Waals surface area contributed by atoms with Gasteiger partial charge in [-0.3, -0.25) is 4.79 Å². The first-order chi connectivity index (χ1) is 10.0. The number of anilines is 1. The molecule has 0 spiro atoms. The largest absolute Gasteiger partial charge is 0.398 e. The average molecular weight is 282 g/mol. The fraction of sp³-hybridized carbons (Fsp3) is 0.278. The lowest BCUT2D eigenvalue weighted by Crippen LogP contribution is -2.31. The number of amides is 1. The molecule has 2 aromatic rings. The number of hydrogen-bond acceptors (Lipinski definition) is 2. The van der Waals surface area contributed by atoms with Gasteiger partial charge in [-0.1, -0.05) is 36.4 Å². The third-order valence-electron chi connectivity index (χ3n) is 3.73. The predicted octanol–water partition coefficient (Wildman–Crippen LogP) is 3.55. The molecule has 21 heavy (non-hydrogen) atoms. The zero-order chi connectivity index (χ0) is 15.4. The van der Waals surface area contributed by atoms with E-state index in [0.29, 0.717) is 24.3 Å². The molecule has 0 bridgehead atoms. The Morgan fingerprint density at radius 2 is 1.76 bits per heavy atom. The lowest BCUT2D eigenvalue weighted by Gasteiger charge is -2.22. The van der Waals surface area contributed by atoms with Crippen molar-refractivity contribution >= 4 is 11.6 Å². The highest BCUT2D eigenvalue weighted by Crippen LogP contribution is 2.20. The number of nitrogens with zero attached hydrogens (tertiary/aromatic N) is 1. The first-order valence-electron chi connectivity index (χ1n) is 7.22. The first-order valence-corrected chi connectivity index (χ1v) is 7.22. The van der Waals surface area contributed by atoms with Crippen LogP contribution in [0.3, 0.4) is 0 Å². The Kier molecular flexibility index (Phi) is 4.63. The molecule has 0 aliphatic rings. The zero-order valence-corrected chi connectivity index (χ0v) is 12.9. The van der Waals surface area contributed by atoms with E-state index in [1.54, 1.807) is 6.07 Å². The van der Waals surface area contributed by atoms with E-state index in [4.69, 9.17) is 5.73 Å². The average Bonchev–Trinajstić information content (AvgIpc) is 2.49. The summed E-state index contributed by atoms with van der Waals surface area (Å²) >= 11 is 0. The molecule has 0 aromatic heterocycles. The van der Waals surface area contributed by atoms with E-state index in [9.17, 15) is 4.79 Å². The number of rotatable bonds is 4. The third kappa shape index (κ3) is 3.43. The van der Waals surface area contributed by atoms with Crippen LogP contribution in [0.5, 0.6) is 0 Å². The predicted molar refractivity (Wildman–Crippen MR) is 87.2 cm³/mol. The lowest BCUT2D eigenvalue weighted by atomic mass is 10.0. The molecule has 110 valence electrons. The van der Waals surface area contributed by atoms with Gasteiger partial charge in [-0.25, -0.2) is 0 Å². The van der Waals surface area contributed by atoms with Gasteiger partial charge in [-0.2, -0.15) is 0 Å². The summed E-state index contributed by atoms with van der Waals surface area (Å²) in [5.41, 5.74) is 10.4. The zero-order valence-electron chi connectivity index (χ0n) is 12.9. The van der Waals surface area contributed by atoms with E-state index in [0.717, 1.165) is 16.7 Å². The maximum Gasteiger partial charge on any atom is 0.254 e. The van der Waals surface area contributed by atoms with Crippen LogP contribution >= 0.6 is 0 Å². The molecule has 0 radical (unpaired) electrons. The van der Waals surface area contributed by atoms with Crippen LogP contribution in [-0.2, 0) is 6.54 Å². The minimum absolute atomic E-state index is 0.0329. The molecule has 3 heteroatoms. The van der Waals surface area contributed by atoms with Crippen LogP contribution in [-0.4, -0.2) is 17.4 Å². The molecule has 0 saturated heterocycles. The Bertz CT molecular complexity index is 635. The highest BCUT2D eigenvalue weighted by molar-refractivity contribution is 5.96. The lowest BCUT2D eigenvalue weighted by molar-refractivity contribution is 0.0752. The van der Waals surface area contributed by atoms with Crippen molar-refractivity contribution in [2.45, 2.75) is 27.3 Å². The monoisotopic (exact) mass is 282 g/mol. The van der Waals surface area contributed by atoms with Crippen LogP contribution in [0.1, 0.15) is 34.0 Å². The van der Waals surface area contributed by atoms with Gasteiger partial charge < -0.3 is 10.6 Å². The molecular formula is C18H22N2O. The molecule has 0 aliphatic heterocycles. The molecule has 3 nitrogen and oxygen atoms in total. The Morgan fingerprint density at radius 3 is 2.38 bits per heavy atom. The number of benzene rings is 2. The molecule has 2 N–H and O–H groups in total. The fourth-order valence-corrected chi connectivity index (χ4v) is 2.40. The molecule has 2 aromatic carbocycles. The standard InChI is InChI=1S/C18H22N2O/c1-4-20(12-15-8-6-5-7-9-15)18(21)16-11-17(19)14(3)10-13(16)2/h5-11H,4,12,19H2,1-3H3. The van der Waals surface area contributed by atoms with E-state index < -0.39 is 0 Å². The third-order valence-corrected chi connectivity index (χ3v) is 3.73. The first kappa shape index (κ1) is 15.1. The van der Waals surface area contributed by atoms with Crippen LogP contribution in [0.15, 0.2) is 42.5 Å². The molecule has 0 aliphatic carbocycles. The number of aryl methyl sites for hydroxylation is 2. The molecular weight excluding hydrogens is 260 g/mol. The van der Waals surface area contributed by atoms with Crippen molar-refractivity contribution < 1.29 is 4.79 Å². The van der Waals surface area contributed by atoms with E-state index in [2.05, 4.69) is 0 Å². The van der Waals surface area contributed by atoms with E-state index in [1.165, 1.54) is 0 Å². The van der Waals surface area contributed by atoms with Crippen LogP contribution in [0.25, 0.3) is 0 Å². The SMILES string of the molecule is CCN(Cc1ccccc1)C(=O)c1cc(N)c(C)cc1C. The summed E-state index contributed by atoms with van der Waals surface area (Å²) < 4.78 is 0. The van der Waals surface area contributed by atoms with E-state index in [-0.39, 0.29) is 5.91 Å². The molecule has 1 amide bonds. The quantitative estimate of drug-likeness (QED) is 0.872. The van der Waals surface area contributed by atoms with Gasteiger partial charge in [0.25, 0.3) is 5.91 Å². The van der Waals surface area contributed by atoms with Gasteiger partial charge in [-0.05, 0) is 43.5 Å². The van der Waals surface area contributed by atoms with Crippen molar-refractivity contribution in [3.63, 3.8) is 0 Å². The normalized spacial score (nSPS) is 10.4. The Balaban J connectivity index is 2.26. The van der Waals surface area contributed by atoms with Crippen molar-refractivity contribution in [3.05, 3.63) is 64.7 Å². The van der Waals surface area contributed by atoms with Gasteiger partial charge in [0.05, 0.1) is 0 Å². The smallest absolute Gasteiger partial charge is 0.254 e. The van der Waals surface area contributed by atoms with Crippen molar-refractivity contribution in [1.29, 1.82) is 0 Å². The Morgan fingerprint density at radius 1 is 1.10 bits per heavy atom. The van der Waals surface area contributed by atoms with Crippen LogP contribution in [0.2, 0.25) is 0 Å². The highest BCUT2D eigenvalue weighted by atomic mass is 16.2. The molecule has 0 saturated carbocycles. The molecule has 0 unspecified atom stereocenters. The number of hydrogen-bond donors (Lipinski definition) is 1. The van der Waals surface area contributed by atoms with Crippen molar-refractivity contribution in [1.82, 2.24) is 4.90 Å². The summed E-state index contributed by atoms with van der Waals surface area (Å²) in [6.07, 6.45) is 0. The summed E-state index contributed by atoms with van der Waals surface area (Å²) in [7, 11) is 0. The molecule has 0 atom stereocenters. The van der Waals surface area contributed by atoms with E-state index in [1.807, 2.05) is 62.1 Å². The maximum atomic E-state index is 12.7. The van der Waals surface area contributed by atoms with Crippen molar-refractivity contribution in [3.8, 4) is 0 Å². The van der Waals surface area contributed by atoms with Gasteiger partial charge in [0.2, 0.25) is 0 Å². The highest BCUT2D eigenvalue weighted by Gasteiger charge is 2.17. The second kappa shape index (κ2) is 6.44. The van der Waals surface area contributed by atoms with Crippen LogP contribution in [0.4, 0.5) is 5.69 Å². The van der Waals surface area contributed by atoms with Gasteiger partial charge in [-0.15, -0.1) is 0 Å². The van der Waals surface area contributed by atoms with E-state index >= 15 is 0 Å². The van der Waals surface area contributed by atoms with Gasteiger partial charge in [0.15, 0.2) is 0 Å². The number of carbonyl (C=O) groups is 1. The summed E-state index contributed by atoms with van der Waals surface area (Å²) in [5.74, 6) is 0.0329. The summed E-state index contributed by atoms with van der Waals surface area (Å²) in [5, 5.41) is 0. The number of nitrogen functional groups attached to an aromatic ring is 1. The van der Waals surface area contributed by atoms with Crippen molar-refractivity contribution in [2.75, 3.05) is 12.3 Å². The summed E-state index contributed by atoms with van der Waals surface area (Å²) in [4.78, 5) is 14.6. The van der Waals surface area contributed by atoms with Gasteiger partial charge in [0.1, 0.15) is 0 Å². The Labute approximate surface area is 126 Å². The molecule has 0 heterocycles. The van der Waals surface area contributed by atoms with Crippen LogP contribution < -0.4 is 5.73 Å². The topological polar surface area (TPSA) is 46.3 Å². The molecule has 2 rings (SSSR count). The van der Waals surface area contributed by atoms with Gasteiger partial charge in [0, 0.05) is 24.3 Å². The second-order valence-corrected chi connectivity index (χ2v) is 5.33. The minimum atomic E-state index is 0.0329. The van der Waals surface area contributed by atoms with Crippen molar-refractivity contribution in [2.24, 2.45) is 0 Å².